The Kier molecular flexibility index (Phi) is 3.02. The van der Waals surface area contributed by atoms with E-state index < -0.39 is 0 Å². The zero-order valence-electron chi connectivity index (χ0n) is 11.2. The molecule has 2 atom stereocenters. The summed E-state index contributed by atoms with van der Waals surface area (Å²) in [6.07, 6.45) is 11.2. The van der Waals surface area contributed by atoms with Crippen LogP contribution in [0.25, 0.3) is 5.65 Å². The Morgan fingerprint density at radius 3 is 2.90 bits per heavy atom. The van der Waals surface area contributed by atoms with Gasteiger partial charge in [-0.1, -0.05) is 6.42 Å². The summed E-state index contributed by atoms with van der Waals surface area (Å²) < 4.78 is 1.69. The summed E-state index contributed by atoms with van der Waals surface area (Å²) in [7, 11) is 0. The number of ketones is 1. The molecule has 0 aromatic carbocycles. The molecule has 2 bridgehead atoms. The van der Waals surface area contributed by atoms with Crippen molar-refractivity contribution in [3.05, 3.63) is 30.2 Å². The van der Waals surface area contributed by atoms with Crippen molar-refractivity contribution in [2.24, 2.45) is 5.92 Å². The van der Waals surface area contributed by atoms with Crippen LogP contribution in [0.3, 0.4) is 0 Å². The van der Waals surface area contributed by atoms with Crippen molar-refractivity contribution in [3.63, 3.8) is 0 Å². The summed E-state index contributed by atoms with van der Waals surface area (Å²) in [6, 6.07) is 1.84. The fourth-order valence-electron chi connectivity index (χ4n) is 3.45. The quantitative estimate of drug-likeness (QED) is 0.797. The van der Waals surface area contributed by atoms with Crippen LogP contribution in [0.4, 0.5) is 0 Å². The molecule has 2 saturated heterocycles. The van der Waals surface area contributed by atoms with Crippen molar-refractivity contribution < 1.29 is 4.79 Å². The second-order valence-corrected chi connectivity index (χ2v) is 7.43. The zero-order chi connectivity index (χ0) is 13.5. The Balaban J connectivity index is 1.59. The van der Waals surface area contributed by atoms with Crippen molar-refractivity contribution >= 4 is 23.2 Å². The van der Waals surface area contributed by atoms with Crippen LogP contribution in [-0.2, 0) is 0 Å². The molecule has 4 nitrogen and oxygen atoms in total. The molecule has 2 aliphatic heterocycles. The second kappa shape index (κ2) is 4.88. The number of hydrogen-bond acceptors (Lipinski definition) is 4. The minimum atomic E-state index is 0.182. The largest absolute Gasteiger partial charge is 0.294 e. The van der Waals surface area contributed by atoms with E-state index >= 15 is 0 Å². The van der Waals surface area contributed by atoms with E-state index in [1.807, 2.05) is 12.3 Å². The number of rotatable bonds is 2. The molecule has 0 saturated carbocycles. The van der Waals surface area contributed by atoms with Crippen molar-refractivity contribution in [2.75, 3.05) is 0 Å². The van der Waals surface area contributed by atoms with Gasteiger partial charge in [0.15, 0.2) is 11.4 Å². The first-order valence-electron chi connectivity index (χ1n) is 7.28. The predicted molar refractivity (Wildman–Crippen MR) is 79.1 cm³/mol. The van der Waals surface area contributed by atoms with E-state index in [1.54, 1.807) is 16.9 Å². The lowest BCUT2D eigenvalue weighted by Gasteiger charge is -2.37. The third-order valence-corrected chi connectivity index (χ3v) is 6.06. The maximum absolute atomic E-state index is 12.7. The molecular formula is C15H17N3OS. The molecule has 4 rings (SSSR count). The number of Topliss-reactive ketones (excluding diaryl/α,β-unsaturated/α-hetero) is 1. The van der Waals surface area contributed by atoms with Gasteiger partial charge in [-0.15, -0.1) is 0 Å². The molecule has 2 aromatic heterocycles. The van der Waals surface area contributed by atoms with Gasteiger partial charge in [-0.3, -0.25) is 4.79 Å². The molecule has 2 fully saturated rings. The van der Waals surface area contributed by atoms with Gasteiger partial charge in [0, 0.05) is 34.9 Å². The van der Waals surface area contributed by atoms with Crippen molar-refractivity contribution in [3.8, 4) is 0 Å². The molecule has 2 aliphatic rings. The first-order valence-corrected chi connectivity index (χ1v) is 8.23. The summed E-state index contributed by atoms with van der Waals surface area (Å²) in [5, 5.41) is 5.55. The highest BCUT2D eigenvalue weighted by Crippen LogP contribution is 2.44. The number of carbonyl (C=O) groups excluding carboxylic acids is 1. The smallest absolute Gasteiger partial charge is 0.169 e. The van der Waals surface area contributed by atoms with Crippen molar-refractivity contribution in [1.82, 2.24) is 14.6 Å². The molecular weight excluding hydrogens is 270 g/mol. The molecule has 20 heavy (non-hydrogen) atoms. The van der Waals surface area contributed by atoms with Gasteiger partial charge in [0.2, 0.25) is 0 Å². The Morgan fingerprint density at radius 1 is 1.30 bits per heavy atom. The van der Waals surface area contributed by atoms with Gasteiger partial charge in [-0.2, -0.15) is 16.9 Å². The molecule has 0 aliphatic carbocycles. The normalized spacial score (nSPS) is 29.5. The number of carbonyl (C=O) groups is 1. The minimum Gasteiger partial charge on any atom is -0.294 e. The van der Waals surface area contributed by atoms with Gasteiger partial charge in [-0.05, 0) is 25.7 Å². The monoisotopic (exact) mass is 287 g/mol. The fourth-order valence-corrected chi connectivity index (χ4v) is 5.28. The van der Waals surface area contributed by atoms with E-state index in [9.17, 15) is 4.79 Å². The minimum absolute atomic E-state index is 0.182. The van der Waals surface area contributed by atoms with Crippen LogP contribution in [0.2, 0.25) is 0 Å². The average Bonchev–Trinajstić information content (AvgIpc) is 2.93. The van der Waals surface area contributed by atoms with Gasteiger partial charge in [-0.25, -0.2) is 9.50 Å². The van der Waals surface area contributed by atoms with Crippen LogP contribution in [0.5, 0.6) is 0 Å². The number of aromatic nitrogens is 3. The maximum Gasteiger partial charge on any atom is 0.169 e. The maximum atomic E-state index is 12.7. The van der Waals surface area contributed by atoms with E-state index in [1.165, 1.54) is 19.3 Å². The Morgan fingerprint density at radius 2 is 2.10 bits per heavy atom. The average molecular weight is 287 g/mol. The molecule has 5 heteroatoms. The first-order chi connectivity index (χ1) is 9.79. The Labute approximate surface area is 122 Å². The molecule has 0 spiro atoms. The van der Waals surface area contributed by atoms with Crippen molar-refractivity contribution in [1.29, 1.82) is 0 Å². The molecule has 104 valence electrons. The van der Waals surface area contributed by atoms with Crippen LogP contribution in [0.1, 0.15) is 42.5 Å². The Hall–Kier alpha value is -1.36. The summed E-state index contributed by atoms with van der Waals surface area (Å²) in [5.74, 6) is 0.438. The van der Waals surface area contributed by atoms with E-state index in [0.29, 0.717) is 16.1 Å². The molecule has 0 radical (unpaired) electrons. The van der Waals surface area contributed by atoms with E-state index in [2.05, 4.69) is 21.8 Å². The van der Waals surface area contributed by atoms with E-state index in [0.717, 1.165) is 18.5 Å². The topological polar surface area (TPSA) is 47.3 Å². The third-order valence-electron chi connectivity index (χ3n) is 4.43. The number of thioether (sulfide) groups is 1. The predicted octanol–water partition coefficient (Wildman–Crippen LogP) is 2.98. The molecule has 2 aromatic rings. The fraction of sp³-hybridized carbons (Fsp3) is 0.533. The second-order valence-electron chi connectivity index (χ2n) is 5.82. The van der Waals surface area contributed by atoms with Crippen LogP contribution < -0.4 is 0 Å². The highest BCUT2D eigenvalue weighted by atomic mass is 32.2. The highest BCUT2D eigenvalue weighted by molar-refractivity contribution is 8.00. The number of nitrogens with zero attached hydrogens (tertiary/aromatic N) is 3. The van der Waals surface area contributed by atoms with E-state index in [4.69, 9.17) is 0 Å². The standard InChI is InChI=1S/C15H17N3OS/c19-15(10-6-12-2-1-3-13(7-10)20-12)11-8-16-14-4-5-17-18(14)9-11/h4-5,8-10,12-13H,1-3,6-7H2. The molecule has 0 amide bonds. The highest BCUT2D eigenvalue weighted by Gasteiger charge is 2.36. The van der Waals surface area contributed by atoms with Crippen molar-refractivity contribution in [2.45, 2.75) is 42.6 Å². The van der Waals surface area contributed by atoms with Gasteiger partial charge in [0.25, 0.3) is 0 Å². The zero-order valence-corrected chi connectivity index (χ0v) is 12.1. The summed E-state index contributed by atoms with van der Waals surface area (Å²) >= 11 is 2.11. The van der Waals surface area contributed by atoms with Crippen LogP contribution >= 0.6 is 11.8 Å². The lowest BCUT2D eigenvalue weighted by molar-refractivity contribution is 0.0895. The van der Waals surface area contributed by atoms with Gasteiger partial charge in [0.1, 0.15) is 0 Å². The van der Waals surface area contributed by atoms with Crippen LogP contribution in [0, 0.1) is 5.92 Å². The van der Waals surface area contributed by atoms with Crippen LogP contribution in [0.15, 0.2) is 24.7 Å². The van der Waals surface area contributed by atoms with E-state index in [-0.39, 0.29) is 11.7 Å². The summed E-state index contributed by atoms with van der Waals surface area (Å²) in [6.45, 7) is 0. The van der Waals surface area contributed by atoms with Gasteiger partial charge < -0.3 is 0 Å². The first kappa shape index (κ1) is 12.4. The van der Waals surface area contributed by atoms with Gasteiger partial charge in [0.05, 0.1) is 11.8 Å². The summed E-state index contributed by atoms with van der Waals surface area (Å²) in [5.41, 5.74) is 1.49. The number of hydrogen-bond donors (Lipinski definition) is 0. The van der Waals surface area contributed by atoms with Crippen LogP contribution in [-0.4, -0.2) is 30.9 Å². The summed E-state index contributed by atoms with van der Waals surface area (Å²) in [4.78, 5) is 17.0. The number of fused-ring (bicyclic) bond motifs is 3. The molecule has 0 N–H and O–H groups in total. The lowest BCUT2D eigenvalue weighted by atomic mass is 9.85. The SMILES string of the molecule is O=C(c1cnc2ccnn2c1)C1CC2CCCC(C1)S2. The molecule has 2 unspecified atom stereocenters. The lowest BCUT2D eigenvalue weighted by Crippen LogP contribution is -2.33. The Bertz CT molecular complexity index is 641. The third kappa shape index (κ3) is 2.14. The molecule has 4 heterocycles. The van der Waals surface area contributed by atoms with Gasteiger partial charge >= 0.3 is 0 Å².